The molecule has 1 spiro atoms. The van der Waals surface area contributed by atoms with Crippen LogP contribution in [0.5, 0.6) is 0 Å². The summed E-state index contributed by atoms with van der Waals surface area (Å²) in [7, 11) is 0. The number of nitrogens with zero attached hydrogens (tertiary/aromatic N) is 1. The lowest BCUT2D eigenvalue weighted by molar-refractivity contribution is -0.133. The SMILES string of the molecule is CSc1ccc(CCC(=O)N2CCC3(CC2)CC3(F)F)cc1. The maximum atomic E-state index is 13.3. The number of carbonyl (C=O) groups is 1. The first kappa shape index (κ1) is 15.8. The van der Waals surface area contributed by atoms with Crippen LogP contribution >= 0.6 is 11.8 Å². The van der Waals surface area contributed by atoms with Crippen LogP contribution in [0.2, 0.25) is 0 Å². The minimum atomic E-state index is -2.48. The normalized spacial score (nSPS) is 21.9. The van der Waals surface area contributed by atoms with Crippen molar-refractivity contribution in [2.75, 3.05) is 19.3 Å². The van der Waals surface area contributed by atoms with Crippen molar-refractivity contribution in [3.05, 3.63) is 29.8 Å². The Morgan fingerprint density at radius 2 is 1.82 bits per heavy atom. The Labute approximate surface area is 134 Å². The molecule has 1 aromatic carbocycles. The van der Waals surface area contributed by atoms with Crippen molar-refractivity contribution < 1.29 is 13.6 Å². The van der Waals surface area contributed by atoms with E-state index in [9.17, 15) is 13.6 Å². The quantitative estimate of drug-likeness (QED) is 0.780. The molecule has 1 saturated heterocycles. The van der Waals surface area contributed by atoms with Crippen LogP contribution in [0.25, 0.3) is 0 Å². The number of thioether (sulfide) groups is 1. The number of likely N-dealkylation sites (tertiary alicyclic amines) is 1. The van der Waals surface area contributed by atoms with Gasteiger partial charge in [-0.15, -0.1) is 11.8 Å². The summed E-state index contributed by atoms with van der Waals surface area (Å²) in [6, 6.07) is 8.22. The van der Waals surface area contributed by atoms with Crippen molar-refractivity contribution in [2.45, 2.75) is 42.9 Å². The van der Waals surface area contributed by atoms with Gasteiger partial charge in [0.15, 0.2) is 0 Å². The molecule has 2 aliphatic rings. The van der Waals surface area contributed by atoms with Gasteiger partial charge in [-0.25, -0.2) is 8.78 Å². The van der Waals surface area contributed by atoms with Gasteiger partial charge < -0.3 is 4.90 Å². The van der Waals surface area contributed by atoms with Gasteiger partial charge in [-0.2, -0.15) is 0 Å². The molecule has 0 bridgehead atoms. The second kappa shape index (κ2) is 5.84. The highest BCUT2D eigenvalue weighted by Crippen LogP contribution is 2.65. The maximum Gasteiger partial charge on any atom is 0.254 e. The standard InChI is InChI=1S/C17H21F2NOS/c1-22-14-5-2-13(3-6-14)4-7-15(21)20-10-8-16(9-11-20)12-17(16,18)19/h2-3,5-6H,4,7-12H2,1H3. The van der Waals surface area contributed by atoms with Crippen LogP contribution in [0.15, 0.2) is 29.2 Å². The zero-order valence-corrected chi connectivity index (χ0v) is 13.6. The molecule has 5 heteroatoms. The van der Waals surface area contributed by atoms with Gasteiger partial charge in [-0.3, -0.25) is 4.79 Å². The van der Waals surface area contributed by atoms with Crippen LogP contribution in [-0.4, -0.2) is 36.1 Å². The highest BCUT2D eigenvalue weighted by atomic mass is 32.2. The monoisotopic (exact) mass is 325 g/mol. The largest absolute Gasteiger partial charge is 0.343 e. The van der Waals surface area contributed by atoms with Crippen molar-refractivity contribution in [1.82, 2.24) is 4.90 Å². The third kappa shape index (κ3) is 3.00. The molecule has 2 nitrogen and oxygen atoms in total. The molecule has 0 unspecified atom stereocenters. The van der Waals surface area contributed by atoms with E-state index in [1.54, 1.807) is 16.7 Å². The molecule has 0 radical (unpaired) electrons. The van der Waals surface area contributed by atoms with E-state index in [0.717, 1.165) is 5.56 Å². The zero-order chi connectivity index (χ0) is 15.8. The van der Waals surface area contributed by atoms with E-state index in [4.69, 9.17) is 0 Å². The fraction of sp³-hybridized carbons (Fsp3) is 0.588. The lowest BCUT2D eigenvalue weighted by Gasteiger charge is -2.32. The first-order valence-corrected chi connectivity index (χ1v) is 8.97. The van der Waals surface area contributed by atoms with Gasteiger partial charge in [0.25, 0.3) is 5.92 Å². The predicted molar refractivity (Wildman–Crippen MR) is 84.4 cm³/mol. The maximum absolute atomic E-state index is 13.3. The fourth-order valence-electron chi connectivity index (χ4n) is 3.31. The van der Waals surface area contributed by atoms with Gasteiger partial charge in [0, 0.05) is 36.2 Å². The molecule has 0 N–H and O–H groups in total. The zero-order valence-electron chi connectivity index (χ0n) is 12.8. The Bertz CT molecular complexity index is 550. The third-order valence-electron chi connectivity index (χ3n) is 5.07. The van der Waals surface area contributed by atoms with Crippen molar-refractivity contribution in [2.24, 2.45) is 5.41 Å². The van der Waals surface area contributed by atoms with Crippen LogP contribution in [0, 0.1) is 5.41 Å². The van der Waals surface area contributed by atoms with E-state index in [1.165, 1.54) is 4.90 Å². The van der Waals surface area contributed by atoms with Crippen LogP contribution in [0.3, 0.4) is 0 Å². The lowest BCUT2D eigenvalue weighted by Crippen LogP contribution is -2.40. The lowest BCUT2D eigenvalue weighted by atomic mass is 9.92. The number of hydrogen-bond donors (Lipinski definition) is 0. The van der Waals surface area contributed by atoms with Gasteiger partial charge in [-0.1, -0.05) is 12.1 Å². The summed E-state index contributed by atoms with van der Waals surface area (Å²) in [4.78, 5) is 15.2. The number of piperidine rings is 1. The molecule has 1 saturated carbocycles. The van der Waals surface area contributed by atoms with Crippen molar-refractivity contribution in [3.63, 3.8) is 0 Å². The molecule has 1 aliphatic carbocycles. The number of hydrogen-bond acceptors (Lipinski definition) is 2. The molecule has 3 rings (SSSR count). The van der Waals surface area contributed by atoms with Crippen molar-refractivity contribution in [1.29, 1.82) is 0 Å². The van der Waals surface area contributed by atoms with E-state index in [2.05, 4.69) is 24.3 Å². The minimum Gasteiger partial charge on any atom is -0.343 e. The van der Waals surface area contributed by atoms with Gasteiger partial charge in [0.05, 0.1) is 0 Å². The van der Waals surface area contributed by atoms with Crippen LogP contribution in [-0.2, 0) is 11.2 Å². The average molecular weight is 325 g/mol. The van der Waals surface area contributed by atoms with Crippen molar-refractivity contribution in [3.8, 4) is 0 Å². The molecule has 2 fully saturated rings. The van der Waals surface area contributed by atoms with Crippen LogP contribution in [0.1, 0.15) is 31.2 Å². The Kier molecular flexibility index (Phi) is 4.19. The number of halogens is 2. The molecule has 1 aliphatic heterocycles. The van der Waals surface area contributed by atoms with E-state index < -0.39 is 11.3 Å². The molecular weight excluding hydrogens is 304 g/mol. The molecule has 120 valence electrons. The number of carbonyl (C=O) groups excluding carboxylic acids is 1. The Hall–Kier alpha value is -1.10. The summed E-state index contributed by atoms with van der Waals surface area (Å²) in [6.45, 7) is 0.972. The Morgan fingerprint density at radius 1 is 1.23 bits per heavy atom. The average Bonchev–Trinajstić information content (AvgIpc) is 3.06. The number of benzene rings is 1. The third-order valence-corrected chi connectivity index (χ3v) is 5.81. The summed E-state index contributed by atoms with van der Waals surface area (Å²) in [5.41, 5.74) is 0.366. The molecule has 0 aromatic heterocycles. The Balaban J connectivity index is 1.46. The molecular formula is C17H21F2NOS. The number of aryl methyl sites for hydroxylation is 1. The van der Waals surface area contributed by atoms with Gasteiger partial charge >= 0.3 is 0 Å². The van der Waals surface area contributed by atoms with Gasteiger partial charge in [0.1, 0.15) is 0 Å². The highest BCUT2D eigenvalue weighted by Gasteiger charge is 2.70. The van der Waals surface area contributed by atoms with E-state index in [0.29, 0.717) is 38.8 Å². The summed E-state index contributed by atoms with van der Waals surface area (Å²) in [5, 5.41) is 0. The first-order chi connectivity index (χ1) is 10.5. The summed E-state index contributed by atoms with van der Waals surface area (Å²) >= 11 is 1.69. The first-order valence-electron chi connectivity index (χ1n) is 7.74. The second-order valence-electron chi connectivity index (χ2n) is 6.39. The topological polar surface area (TPSA) is 20.3 Å². The molecule has 1 amide bonds. The predicted octanol–water partition coefficient (Wildman–Crippen LogP) is 3.99. The van der Waals surface area contributed by atoms with Gasteiger partial charge in [0.2, 0.25) is 5.91 Å². The summed E-state index contributed by atoms with van der Waals surface area (Å²) in [5.74, 6) is -2.39. The molecule has 1 aromatic rings. The Morgan fingerprint density at radius 3 is 2.32 bits per heavy atom. The van der Waals surface area contributed by atoms with Gasteiger partial charge in [-0.05, 0) is 43.2 Å². The van der Waals surface area contributed by atoms with E-state index in [-0.39, 0.29) is 12.3 Å². The minimum absolute atomic E-state index is 0.0177. The summed E-state index contributed by atoms with van der Waals surface area (Å²) in [6.07, 6.45) is 4.13. The second-order valence-corrected chi connectivity index (χ2v) is 7.27. The van der Waals surface area contributed by atoms with Crippen LogP contribution in [0.4, 0.5) is 8.78 Å². The number of rotatable bonds is 4. The number of alkyl halides is 2. The molecule has 22 heavy (non-hydrogen) atoms. The molecule has 0 atom stereocenters. The van der Waals surface area contributed by atoms with E-state index in [1.807, 2.05) is 6.26 Å². The smallest absolute Gasteiger partial charge is 0.254 e. The van der Waals surface area contributed by atoms with Crippen molar-refractivity contribution >= 4 is 17.7 Å². The van der Waals surface area contributed by atoms with E-state index >= 15 is 0 Å². The van der Waals surface area contributed by atoms with Crippen LogP contribution < -0.4 is 0 Å². The number of amides is 1. The fourth-order valence-corrected chi connectivity index (χ4v) is 3.72. The summed E-state index contributed by atoms with van der Waals surface area (Å²) < 4.78 is 26.7. The highest BCUT2D eigenvalue weighted by molar-refractivity contribution is 7.98. The molecule has 1 heterocycles.